The summed E-state index contributed by atoms with van der Waals surface area (Å²) in [6, 6.07) is -0.905. The van der Waals surface area contributed by atoms with Gasteiger partial charge in [-0.3, -0.25) is 14.4 Å². The van der Waals surface area contributed by atoms with Crippen LogP contribution in [0.25, 0.3) is 0 Å². The first-order chi connectivity index (χ1) is 16.1. The molecule has 0 aromatic rings. The predicted molar refractivity (Wildman–Crippen MR) is 128 cm³/mol. The van der Waals surface area contributed by atoms with E-state index >= 15 is 0 Å². The number of ether oxygens (including phenoxy) is 2. The number of esters is 1. The van der Waals surface area contributed by atoms with Crippen molar-refractivity contribution >= 4 is 17.8 Å². The maximum Gasteiger partial charge on any atom is 0.313 e. The molecular formula is C26H40N2O6. The maximum absolute atomic E-state index is 14.2. The van der Waals surface area contributed by atoms with Gasteiger partial charge in [0.25, 0.3) is 0 Å². The van der Waals surface area contributed by atoms with E-state index < -0.39 is 35.0 Å². The van der Waals surface area contributed by atoms with Crippen molar-refractivity contribution in [3.63, 3.8) is 0 Å². The Morgan fingerprint density at radius 1 is 1.38 bits per heavy atom. The fraction of sp³-hybridized carbons (Fsp3) is 0.731. The van der Waals surface area contributed by atoms with E-state index in [-0.39, 0.29) is 43.5 Å². The molecule has 7 atom stereocenters. The van der Waals surface area contributed by atoms with Crippen LogP contribution >= 0.6 is 0 Å². The molecule has 3 fully saturated rings. The van der Waals surface area contributed by atoms with Crippen molar-refractivity contribution in [3.8, 4) is 0 Å². The van der Waals surface area contributed by atoms with Crippen LogP contribution in [0.1, 0.15) is 53.4 Å². The largest absolute Gasteiger partial charge is 0.461 e. The van der Waals surface area contributed by atoms with Crippen molar-refractivity contribution in [2.75, 3.05) is 26.3 Å². The number of carbonyl (C=O) groups excluding carboxylic acids is 3. The Hall–Kier alpha value is -2.19. The van der Waals surface area contributed by atoms with Crippen molar-refractivity contribution in [1.29, 1.82) is 0 Å². The van der Waals surface area contributed by atoms with Crippen LogP contribution in [0.3, 0.4) is 0 Å². The van der Waals surface area contributed by atoms with Crippen molar-refractivity contribution < 1.29 is 29.0 Å². The second kappa shape index (κ2) is 10.2. The van der Waals surface area contributed by atoms with Gasteiger partial charge in [-0.1, -0.05) is 39.0 Å². The van der Waals surface area contributed by atoms with Crippen LogP contribution in [0.5, 0.6) is 0 Å². The molecule has 0 saturated carbocycles. The molecule has 3 aliphatic rings. The zero-order valence-electron chi connectivity index (χ0n) is 21.0. The van der Waals surface area contributed by atoms with E-state index in [4.69, 9.17) is 9.47 Å². The minimum atomic E-state index is -1.11. The van der Waals surface area contributed by atoms with Crippen molar-refractivity contribution in [2.24, 2.45) is 17.8 Å². The molecule has 4 unspecified atom stereocenters. The molecule has 34 heavy (non-hydrogen) atoms. The summed E-state index contributed by atoms with van der Waals surface area (Å²) in [4.78, 5) is 44.5. The topological polar surface area (TPSA) is 96.4 Å². The van der Waals surface area contributed by atoms with Gasteiger partial charge in [0.1, 0.15) is 24.2 Å². The molecule has 0 aromatic heterocycles. The van der Waals surface area contributed by atoms with Gasteiger partial charge in [0, 0.05) is 25.7 Å². The van der Waals surface area contributed by atoms with Gasteiger partial charge in [-0.05, 0) is 39.0 Å². The van der Waals surface area contributed by atoms with Crippen LogP contribution in [0.15, 0.2) is 25.3 Å². The molecular weight excluding hydrogens is 436 g/mol. The summed E-state index contributed by atoms with van der Waals surface area (Å²) >= 11 is 0. The Morgan fingerprint density at radius 3 is 2.68 bits per heavy atom. The lowest BCUT2D eigenvalue weighted by molar-refractivity contribution is -0.161. The van der Waals surface area contributed by atoms with Crippen molar-refractivity contribution in [2.45, 2.75) is 76.7 Å². The van der Waals surface area contributed by atoms with Crippen LogP contribution in [-0.4, -0.2) is 82.3 Å². The Morgan fingerprint density at radius 2 is 2.09 bits per heavy atom. The molecule has 2 amide bonds. The normalized spacial score (nSPS) is 34.6. The molecule has 8 nitrogen and oxygen atoms in total. The van der Waals surface area contributed by atoms with Crippen LogP contribution < -0.4 is 0 Å². The molecule has 3 aliphatic heterocycles. The lowest BCUT2D eigenvalue weighted by Crippen LogP contribution is -2.58. The zero-order valence-corrected chi connectivity index (χ0v) is 21.0. The predicted octanol–water partition coefficient (Wildman–Crippen LogP) is 2.31. The van der Waals surface area contributed by atoms with E-state index in [0.29, 0.717) is 19.4 Å². The van der Waals surface area contributed by atoms with Crippen molar-refractivity contribution in [1.82, 2.24) is 9.80 Å². The fourth-order valence-corrected chi connectivity index (χ4v) is 6.45. The van der Waals surface area contributed by atoms with E-state index in [9.17, 15) is 19.5 Å². The molecule has 1 N–H and O–H groups in total. The summed E-state index contributed by atoms with van der Waals surface area (Å²) in [5.41, 5.74) is -2.01. The third kappa shape index (κ3) is 3.98. The summed E-state index contributed by atoms with van der Waals surface area (Å²) in [6.07, 6.45) is 5.76. The minimum Gasteiger partial charge on any atom is -0.461 e. The Kier molecular flexibility index (Phi) is 7.92. The molecule has 0 aromatic carbocycles. The van der Waals surface area contributed by atoms with E-state index in [1.165, 1.54) is 6.08 Å². The lowest BCUT2D eigenvalue weighted by atomic mass is 9.62. The summed E-state index contributed by atoms with van der Waals surface area (Å²) in [7, 11) is 0. The Balaban J connectivity index is 2.09. The average Bonchev–Trinajstić information content (AvgIpc) is 3.30. The fourth-order valence-electron chi connectivity index (χ4n) is 6.45. The smallest absolute Gasteiger partial charge is 0.313 e. The molecule has 3 heterocycles. The number of aliphatic hydroxyl groups excluding tert-OH is 1. The standard InChI is InChI=1S/C26H40N2O6/c1-7-11-18(5)27(12-8-2)23(31)21-26-16-17(4)25(6,34-26)20(24(32)33-15-9-3)19(26)22(30)28(21)13-10-14-29/h8-9,17-21,29H,2-3,7,10-16H2,1,4-6H3/t17?,18?,19-,20-,21?,25+,26?/m0/s1. The number of rotatable bonds is 12. The lowest BCUT2D eigenvalue weighted by Gasteiger charge is -2.39. The first-order valence-electron chi connectivity index (χ1n) is 12.4. The van der Waals surface area contributed by atoms with E-state index in [0.717, 1.165) is 12.8 Å². The first-order valence-corrected chi connectivity index (χ1v) is 12.4. The Labute approximate surface area is 202 Å². The summed E-state index contributed by atoms with van der Waals surface area (Å²) in [5.74, 6) is -2.61. The quantitative estimate of drug-likeness (QED) is 0.343. The SMILES string of the molecule is C=CCOC(=O)[C@@H]1[C@H]2C(=O)N(CCCO)C(C(=O)N(CC=C)C(C)CCC)C23CC(C)[C@@]1(C)O3. The number of nitrogens with zero attached hydrogens (tertiary/aromatic N) is 2. The molecule has 3 rings (SSSR count). The van der Waals surface area contributed by atoms with E-state index in [1.54, 1.807) is 15.9 Å². The van der Waals surface area contributed by atoms with Gasteiger partial charge in [-0.15, -0.1) is 6.58 Å². The van der Waals surface area contributed by atoms with Gasteiger partial charge in [0.05, 0.1) is 11.5 Å². The highest BCUT2D eigenvalue weighted by Gasteiger charge is 2.80. The highest BCUT2D eigenvalue weighted by Crippen LogP contribution is 2.65. The maximum atomic E-state index is 14.2. The number of fused-ring (bicyclic) bond motifs is 1. The van der Waals surface area contributed by atoms with Gasteiger partial charge in [0.2, 0.25) is 11.8 Å². The monoisotopic (exact) mass is 476 g/mol. The minimum absolute atomic E-state index is 0.0410. The molecule has 0 radical (unpaired) electrons. The average molecular weight is 477 g/mol. The van der Waals surface area contributed by atoms with Crippen molar-refractivity contribution in [3.05, 3.63) is 25.3 Å². The number of likely N-dealkylation sites (tertiary alicyclic amines) is 1. The second-order valence-corrected chi connectivity index (χ2v) is 10.1. The Bertz CT molecular complexity index is 830. The van der Waals surface area contributed by atoms with E-state index in [1.807, 2.05) is 20.8 Å². The molecule has 190 valence electrons. The highest BCUT2D eigenvalue weighted by atomic mass is 16.6. The van der Waals surface area contributed by atoms with Gasteiger partial charge >= 0.3 is 5.97 Å². The first kappa shape index (κ1) is 26.4. The summed E-state index contributed by atoms with van der Waals surface area (Å²) in [6.45, 7) is 15.9. The van der Waals surface area contributed by atoms with Gasteiger partial charge in [-0.2, -0.15) is 0 Å². The third-order valence-electron chi connectivity index (χ3n) is 8.05. The number of hydrogen-bond acceptors (Lipinski definition) is 6. The molecule has 2 bridgehead atoms. The van der Waals surface area contributed by atoms with Gasteiger partial charge in [0.15, 0.2) is 0 Å². The van der Waals surface area contributed by atoms with Crippen LogP contribution in [-0.2, 0) is 23.9 Å². The van der Waals surface area contributed by atoms with Crippen LogP contribution in [0.4, 0.5) is 0 Å². The number of hydrogen-bond donors (Lipinski definition) is 1. The molecule has 0 aliphatic carbocycles. The molecule has 1 spiro atoms. The highest BCUT2D eigenvalue weighted by molar-refractivity contribution is 5.98. The number of carbonyl (C=O) groups is 3. The molecule has 3 saturated heterocycles. The van der Waals surface area contributed by atoms with Crippen LogP contribution in [0.2, 0.25) is 0 Å². The second-order valence-electron chi connectivity index (χ2n) is 10.1. The third-order valence-corrected chi connectivity index (χ3v) is 8.05. The van der Waals surface area contributed by atoms with E-state index in [2.05, 4.69) is 20.1 Å². The van der Waals surface area contributed by atoms with Gasteiger partial charge < -0.3 is 24.4 Å². The molecule has 8 heteroatoms. The summed E-state index contributed by atoms with van der Waals surface area (Å²) in [5, 5.41) is 9.48. The number of aliphatic hydroxyl groups is 1. The van der Waals surface area contributed by atoms with Crippen LogP contribution in [0, 0.1) is 17.8 Å². The zero-order chi connectivity index (χ0) is 25.3. The van der Waals surface area contributed by atoms with Gasteiger partial charge in [-0.25, -0.2) is 0 Å². The summed E-state index contributed by atoms with van der Waals surface area (Å²) < 4.78 is 12.1. The number of amides is 2.